The van der Waals surface area contributed by atoms with Crippen LogP contribution in [0.15, 0.2) is 85.0 Å². The van der Waals surface area contributed by atoms with Crippen molar-refractivity contribution in [2.75, 3.05) is 19.8 Å². The summed E-state index contributed by atoms with van der Waals surface area (Å²) in [6, 6.07) is 17.6. The number of carbonyl (C=O) groups excluding carboxylic acids is 3. The molecule has 0 aromatic heterocycles. The van der Waals surface area contributed by atoms with Gasteiger partial charge in [0.15, 0.2) is 0 Å². The highest BCUT2D eigenvalue weighted by Gasteiger charge is 2.75. The molecule has 0 saturated carbocycles. The lowest BCUT2D eigenvalue weighted by molar-refractivity contribution is -0.163. The average molecular weight is 585 g/mol. The Morgan fingerprint density at radius 1 is 0.907 bits per heavy atom. The number of amides is 2. The molecular formula is C35H40N2O6. The number of carbonyl (C=O) groups is 3. The van der Waals surface area contributed by atoms with E-state index < -0.39 is 41.1 Å². The molecule has 4 heterocycles. The fourth-order valence-corrected chi connectivity index (χ4v) is 7.50. The summed E-state index contributed by atoms with van der Waals surface area (Å²) >= 11 is 0. The van der Waals surface area contributed by atoms with Crippen molar-refractivity contribution in [1.29, 1.82) is 0 Å². The van der Waals surface area contributed by atoms with E-state index in [2.05, 4.69) is 0 Å². The van der Waals surface area contributed by atoms with E-state index >= 15 is 0 Å². The Morgan fingerprint density at radius 3 is 2.33 bits per heavy atom. The summed E-state index contributed by atoms with van der Waals surface area (Å²) in [4.78, 5) is 46.6. The summed E-state index contributed by atoms with van der Waals surface area (Å²) in [5.41, 5.74) is -0.606. The van der Waals surface area contributed by atoms with Gasteiger partial charge in [0, 0.05) is 13.1 Å². The smallest absolute Gasteiger partial charge is 0.313 e. The molecule has 8 nitrogen and oxygen atoms in total. The van der Waals surface area contributed by atoms with Gasteiger partial charge in [0.1, 0.15) is 23.2 Å². The number of aliphatic hydroxyl groups is 1. The van der Waals surface area contributed by atoms with Crippen LogP contribution >= 0.6 is 0 Å². The van der Waals surface area contributed by atoms with Crippen LogP contribution in [0.1, 0.15) is 43.7 Å². The fraction of sp³-hybridized carbons (Fsp3) is 0.457. The molecule has 2 saturated heterocycles. The van der Waals surface area contributed by atoms with Gasteiger partial charge in [0.2, 0.25) is 11.8 Å². The maximum absolute atomic E-state index is 14.8. The van der Waals surface area contributed by atoms with E-state index in [9.17, 15) is 19.5 Å². The van der Waals surface area contributed by atoms with E-state index in [0.717, 1.165) is 30.4 Å². The van der Waals surface area contributed by atoms with Crippen molar-refractivity contribution >= 4 is 17.8 Å². The Morgan fingerprint density at radius 2 is 1.63 bits per heavy atom. The number of ether oxygens (including phenoxy) is 2. The van der Waals surface area contributed by atoms with Crippen LogP contribution in [-0.4, -0.2) is 75.7 Å². The van der Waals surface area contributed by atoms with E-state index in [0.29, 0.717) is 25.9 Å². The third kappa shape index (κ3) is 5.10. The van der Waals surface area contributed by atoms with Crippen LogP contribution in [0, 0.1) is 11.8 Å². The number of aliphatic hydroxyl groups excluding tert-OH is 1. The molecule has 0 radical (unpaired) electrons. The second-order valence-corrected chi connectivity index (χ2v) is 12.1. The maximum Gasteiger partial charge on any atom is 0.313 e. The van der Waals surface area contributed by atoms with Crippen LogP contribution in [0.4, 0.5) is 0 Å². The van der Waals surface area contributed by atoms with E-state index in [1.165, 1.54) is 4.90 Å². The van der Waals surface area contributed by atoms with Crippen LogP contribution in [0.3, 0.4) is 0 Å². The molecule has 43 heavy (non-hydrogen) atoms. The number of rotatable bonds is 7. The Kier molecular flexibility index (Phi) is 8.25. The van der Waals surface area contributed by atoms with Crippen molar-refractivity contribution < 1.29 is 29.0 Å². The van der Waals surface area contributed by atoms with Gasteiger partial charge >= 0.3 is 5.97 Å². The van der Waals surface area contributed by atoms with Gasteiger partial charge in [-0.2, -0.15) is 0 Å². The molecular weight excluding hydrogens is 544 g/mol. The highest BCUT2D eigenvalue weighted by molar-refractivity contribution is 5.99. The number of nitrogens with zero attached hydrogens (tertiary/aromatic N) is 2. The highest BCUT2D eigenvalue weighted by Crippen LogP contribution is 2.58. The minimum absolute atomic E-state index is 0.261. The lowest BCUT2D eigenvalue weighted by atomic mass is 9.73. The molecule has 226 valence electrons. The normalized spacial score (nSPS) is 32.0. The minimum Gasteiger partial charge on any atom is -0.465 e. The zero-order valence-electron chi connectivity index (χ0n) is 24.6. The van der Waals surface area contributed by atoms with Gasteiger partial charge in [-0.15, -0.1) is 0 Å². The molecule has 2 aromatic rings. The zero-order valence-corrected chi connectivity index (χ0v) is 24.6. The molecule has 1 N–H and O–H groups in total. The Balaban J connectivity index is 1.48. The first kappa shape index (κ1) is 29.3. The third-order valence-electron chi connectivity index (χ3n) is 9.54. The number of hydrogen-bond acceptors (Lipinski definition) is 6. The van der Waals surface area contributed by atoms with Crippen LogP contribution in [-0.2, 0) is 36.8 Å². The summed E-state index contributed by atoms with van der Waals surface area (Å²) in [5.74, 6) is -3.00. The van der Waals surface area contributed by atoms with Crippen molar-refractivity contribution in [3.8, 4) is 0 Å². The van der Waals surface area contributed by atoms with Crippen LogP contribution < -0.4 is 0 Å². The van der Waals surface area contributed by atoms with Crippen molar-refractivity contribution in [3.05, 3.63) is 96.1 Å². The molecule has 6 atom stereocenters. The number of fused-ring (bicyclic) bond motifs is 2. The topological polar surface area (TPSA) is 96.4 Å². The number of hydrogen-bond donors (Lipinski definition) is 1. The van der Waals surface area contributed by atoms with Gasteiger partial charge in [-0.25, -0.2) is 0 Å². The summed E-state index contributed by atoms with van der Waals surface area (Å²) in [5, 5.41) is 10.7. The summed E-state index contributed by atoms with van der Waals surface area (Å²) in [6.45, 7) is 2.56. The Hall–Kier alpha value is -3.75. The second kappa shape index (κ2) is 12.1. The first-order valence-corrected chi connectivity index (χ1v) is 15.5. The van der Waals surface area contributed by atoms with E-state index in [1.54, 1.807) is 4.90 Å². The second-order valence-electron chi connectivity index (χ2n) is 12.1. The number of benzene rings is 2. The fourth-order valence-electron chi connectivity index (χ4n) is 7.50. The van der Waals surface area contributed by atoms with E-state index in [-0.39, 0.29) is 25.0 Å². The van der Waals surface area contributed by atoms with E-state index in [4.69, 9.17) is 9.47 Å². The summed E-state index contributed by atoms with van der Waals surface area (Å²) in [7, 11) is 0. The summed E-state index contributed by atoms with van der Waals surface area (Å²) in [6.07, 6.45) is 10.9. The first-order chi connectivity index (χ1) is 20.9. The van der Waals surface area contributed by atoms with E-state index in [1.807, 2.05) is 91.9 Å². The summed E-state index contributed by atoms with van der Waals surface area (Å²) < 4.78 is 12.8. The minimum atomic E-state index is -1.40. The molecule has 0 aliphatic carbocycles. The third-order valence-corrected chi connectivity index (χ3v) is 9.54. The molecule has 4 aliphatic rings. The van der Waals surface area contributed by atoms with Gasteiger partial charge < -0.3 is 24.4 Å². The largest absolute Gasteiger partial charge is 0.465 e. The highest BCUT2D eigenvalue weighted by atomic mass is 16.6. The molecule has 6 rings (SSSR count). The van der Waals surface area contributed by atoms with Gasteiger partial charge in [-0.3, -0.25) is 14.4 Å². The van der Waals surface area contributed by atoms with Crippen LogP contribution in [0.5, 0.6) is 0 Å². The van der Waals surface area contributed by atoms with Gasteiger partial charge in [-0.05, 0) is 43.2 Å². The molecule has 2 amide bonds. The number of allylic oxidation sites excluding steroid dienone is 1. The first-order valence-electron chi connectivity index (χ1n) is 15.5. The molecule has 1 unspecified atom stereocenters. The van der Waals surface area contributed by atoms with Gasteiger partial charge in [0.05, 0.1) is 25.2 Å². The molecule has 1 spiro atoms. The lowest BCUT2D eigenvalue weighted by Gasteiger charge is -2.41. The Bertz CT molecular complexity index is 1390. The molecule has 2 fully saturated rings. The lowest BCUT2D eigenvalue weighted by Crippen LogP contribution is -2.59. The van der Waals surface area contributed by atoms with Gasteiger partial charge in [-0.1, -0.05) is 91.9 Å². The molecule has 8 heteroatoms. The van der Waals surface area contributed by atoms with Crippen molar-refractivity contribution in [2.45, 2.75) is 68.9 Å². The number of likely N-dealkylation sites (tertiary alicyclic amines) is 1. The van der Waals surface area contributed by atoms with Crippen molar-refractivity contribution in [2.24, 2.45) is 11.8 Å². The van der Waals surface area contributed by atoms with Gasteiger partial charge in [0.25, 0.3) is 0 Å². The predicted octanol–water partition coefficient (Wildman–Crippen LogP) is 3.83. The van der Waals surface area contributed by atoms with Crippen molar-refractivity contribution in [3.63, 3.8) is 0 Å². The van der Waals surface area contributed by atoms with Crippen LogP contribution in [0.2, 0.25) is 0 Å². The monoisotopic (exact) mass is 584 g/mol. The Labute approximate surface area is 253 Å². The zero-order chi connectivity index (χ0) is 30.0. The number of esters is 1. The average Bonchev–Trinajstić information content (AvgIpc) is 3.40. The SMILES string of the molecule is CC[C@@]12/C=C\CCCCOC(=O)[C@@H]1[C@H]1C(=O)N([C@@H](CO)Cc3ccccc3)C3C(=O)N(Cc4ccccc4)CC=C[C@@]31O2. The molecule has 4 aliphatic heterocycles. The molecule has 2 aromatic carbocycles. The quantitative estimate of drug-likeness (QED) is 0.393. The number of cyclic esters (lactones) is 1. The maximum atomic E-state index is 14.8. The van der Waals surface area contributed by atoms with Crippen LogP contribution in [0.25, 0.3) is 0 Å². The van der Waals surface area contributed by atoms with Crippen molar-refractivity contribution in [1.82, 2.24) is 9.80 Å². The standard InChI is InChI=1S/C35H40N2O6/c1-2-34-18-11-3-4-12-21-42-33(41)29(34)28-31(39)37(27(24-38)22-25-14-7-5-8-15-25)30-32(40)36(20-13-19-35(28,30)43-34)23-26-16-9-6-10-17-26/h5-11,13-19,27-30,38H,2-4,12,20-24H2,1H3/b18-11-/t27-,28+,29+,30?,34-,35+/m1/s1. The predicted molar refractivity (Wildman–Crippen MR) is 160 cm³/mol. The molecule has 0 bridgehead atoms.